The van der Waals surface area contributed by atoms with Gasteiger partial charge < -0.3 is 9.64 Å². The number of nitrogens with zero attached hydrogens (tertiary/aromatic N) is 2. The van der Waals surface area contributed by atoms with Gasteiger partial charge in [-0.3, -0.25) is 10.4 Å². The molecule has 2 amide bonds. The molecule has 0 aliphatic carbocycles. The standard InChI is InChI=1S/C13H14N4O2/c1-19-11-6-14-16-12(11)15-13(18)17-7-9-4-2-3-5-10(9)8-17/h2-6H,7-8H2,1H3,(H2,14,15,16,18). The topological polar surface area (TPSA) is 70.2 Å². The van der Waals surface area contributed by atoms with Crippen molar-refractivity contribution in [2.45, 2.75) is 13.1 Å². The number of rotatable bonds is 2. The van der Waals surface area contributed by atoms with E-state index < -0.39 is 0 Å². The van der Waals surface area contributed by atoms with Crippen molar-refractivity contribution in [3.8, 4) is 5.75 Å². The summed E-state index contributed by atoms with van der Waals surface area (Å²) in [5, 5.41) is 9.29. The molecule has 0 radical (unpaired) electrons. The predicted octanol–water partition coefficient (Wildman–Crippen LogP) is 1.97. The number of hydrogen-bond donors (Lipinski definition) is 2. The summed E-state index contributed by atoms with van der Waals surface area (Å²) in [7, 11) is 1.53. The van der Waals surface area contributed by atoms with Crippen molar-refractivity contribution in [3.63, 3.8) is 0 Å². The van der Waals surface area contributed by atoms with Crippen LogP contribution in [0.25, 0.3) is 0 Å². The number of ether oxygens (including phenoxy) is 1. The molecule has 0 saturated carbocycles. The van der Waals surface area contributed by atoms with Gasteiger partial charge in [-0.05, 0) is 11.1 Å². The quantitative estimate of drug-likeness (QED) is 0.865. The Morgan fingerprint density at radius 1 is 1.37 bits per heavy atom. The summed E-state index contributed by atoms with van der Waals surface area (Å²) >= 11 is 0. The highest BCUT2D eigenvalue weighted by atomic mass is 16.5. The minimum absolute atomic E-state index is 0.168. The number of aromatic nitrogens is 2. The molecule has 2 heterocycles. The van der Waals surface area contributed by atoms with Crippen LogP contribution in [0.4, 0.5) is 10.6 Å². The van der Waals surface area contributed by atoms with E-state index in [-0.39, 0.29) is 6.03 Å². The molecule has 0 unspecified atom stereocenters. The van der Waals surface area contributed by atoms with Crippen molar-refractivity contribution in [2.75, 3.05) is 12.4 Å². The Morgan fingerprint density at radius 3 is 2.68 bits per heavy atom. The van der Waals surface area contributed by atoms with Crippen molar-refractivity contribution in [2.24, 2.45) is 0 Å². The Kier molecular flexibility index (Phi) is 2.83. The number of fused-ring (bicyclic) bond motifs is 1. The van der Waals surface area contributed by atoms with Crippen molar-refractivity contribution in [3.05, 3.63) is 41.6 Å². The normalized spacial score (nSPS) is 13.2. The zero-order chi connectivity index (χ0) is 13.2. The van der Waals surface area contributed by atoms with Crippen LogP contribution in [0.5, 0.6) is 5.75 Å². The Bertz CT molecular complexity index is 583. The Morgan fingerprint density at radius 2 is 2.05 bits per heavy atom. The van der Waals surface area contributed by atoms with Crippen LogP contribution in [0.2, 0.25) is 0 Å². The van der Waals surface area contributed by atoms with E-state index in [0.717, 1.165) is 0 Å². The molecule has 0 atom stereocenters. The molecule has 1 aromatic heterocycles. The van der Waals surface area contributed by atoms with Crippen LogP contribution >= 0.6 is 0 Å². The van der Waals surface area contributed by atoms with E-state index in [0.29, 0.717) is 24.7 Å². The average Bonchev–Trinajstić information content (AvgIpc) is 3.03. The van der Waals surface area contributed by atoms with E-state index in [9.17, 15) is 4.79 Å². The molecule has 6 heteroatoms. The number of anilines is 1. The van der Waals surface area contributed by atoms with Crippen LogP contribution in [0.3, 0.4) is 0 Å². The van der Waals surface area contributed by atoms with Crippen LogP contribution < -0.4 is 10.1 Å². The predicted molar refractivity (Wildman–Crippen MR) is 69.8 cm³/mol. The van der Waals surface area contributed by atoms with Crippen LogP contribution in [-0.2, 0) is 13.1 Å². The number of carbonyl (C=O) groups excluding carboxylic acids is 1. The monoisotopic (exact) mass is 258 g/mol. The number of benzene rings is 1. The van der Waals surface area contributed by atoms with E-state index in [4.69, 9.17) is 4.74 Å². The first-order chi connectivity index (χ1) is 9.28. The lowest BCUT2D eigenvalue weighted by Gasteiger charge is -2.15. The minimum atomic E-state index is -0.168. The van der Waals surface area contributed by atoms with Crippen molar-refractivity contribution in [1.29, 1.82) is 0 Å². The van der Waals surface area contributed by atoms with Gasteiger partial charge >= 0.3 is 6.03 Å². The number of aromatic amines is 1. The van der Waals surface area contributed by atoms with Gasteiger partial charge in [0.05, 0.1) is 13.3 Å². The fraction of sp³-hybridized carbons (Fsp3) is 0.231. The molecular formula is C13H14N4O2. The number of amides is 2. The molecule has 19 heavy (non-hydrogen) atoms. The second-order valence-electron chi connectivity index (χ2n) is 4.37. The number of urea groups is 1. The number of hydrogen-bond acceptors (Lipinski definition) is 3. The molecule has 1 aliphatic heterocycles. The molecule has 0 spiro atoms. The molecule has 6 nitrogen and oxygen atoms in total. The Labute approximate surface area is 110 Å². The lowest BCUT2D eigenvalue weighted by atomic mass is 10.1. The van der Waals surface area contributed by atoms with E-state index in [2.05, 4.69) is 15.5 Å². The maximum atomic E-state index is 12.2. The highest BCUT2D eigenvalue weighted by Gasteiger charge is 2.23. The van der Waals surface area contributed by atoms with Gasteiger partial charge in [0.1, 0.15) is 0 Å². The zero-order valence-electron chi connectivity index (χ0n) is 10.5. The molecular weight excluding hydrogens is 244 g/mol. The Balaban J connectivity index is 1.70. The molecule has 0 bridgehead atoms. The van der Waals surface area contributed by atoms with Crippen LogP contribution in [0, 0.1) is 0 Å². The number of methoxy groups -OCH3 is 1. The highest BCUT2D eigenvalue weighted by Crippen LogP contribution is 2.24. The van der Waals surface area contributed by atoms with E-state index in [1.807, 2.05) is 24.3 Å². The summed E-state index contributed by atoms with van der Waals surface area (Å²) in [6.07, 6.45) is 1.52. The summed E-state index contributed by atoms with van der Waals surface area (Å²) in [6, 6.07) is 7.88. The second-order valence-corrected chi connectivity index (χ2v) is 4.37. The fourth-order valence-corrected chi connectivity index (χ4v) is 2.18. The first-order valence-electron chi connectivity index (χ1n) is 5.98. The van der Waals surface area contributed by atoms with Crippen molar-refractivity contribution >= 4 is 11.8 Å². The maximum absolute atomic E-state index is 12.2. The van der Waals surface area contributed by atoms with Crippen molar-refractivity contribution < 1.29 is 9.53 Å². The van der Waals surface area contributed by atoms with Gasteiger partial charge in [-0.1, -0.05) is 24.3 Å². The molecule has 0 fully saturated rings. The van der Waals surface area contributed by atoms with E-state index >= 15 is 0 Å². The molecule has 3 rings (SSSR count). The average molecular weight is 258 g/mol. The first-order valence-corrected chi connectivity index (χ1v) is 5.98. The van der Waals surface area contributed by atoms with Gasteiger partial charge in [-0.25, -0.2) is 4.79 Å². The number of carbonyl (C=O) groups is 1. The summed E-state index contributed by atoms with van der Waals surface area (Å²) in [4.78, 5) is 13.9. The minimum Gasteiger partial charge on any atom is -0.491 e. The SMILES string of the molecule is COc1cn[nH]c1NC(=O)N1Cc2ccccc2C1. The van der Waals surface area contributed by atoms with Gasteiger partial charge in [0.25, 0.3) is 0 Å². The summed E-state index contributed by atoms with van der Waals surface area (Å²) < 4.78 is 5.08. The van der Waals surface area contributed by atoms with Gasteiger partial charge in [0.15, 0.2) is 11.6 Å². The van der Waals surface area contributed by atoms with Gasteiger partial charge in [-0.15, -0.1) is 0 Å². The molecule has 1 aromatic carbocycles. The largest absolute Gasteiger partial charge is 0.491 e. The summed E-state index contributed by atoms with van der Waals surface area (Å²) in [6.45, 7) is 1.25. The van der Waals surface area contributed by atoms with E-state index in [1.54, 1.807) is 4.90 Å². The van der Waals surface area contributed by atoms with Crippen molar-refractivity contribution in [1.82, 2.24) is 15.1 Å². The highest BCUT2D eigenvalue weighted by molar-refractivity contribution is 5.90. The third-order valence-electron chi connectivity index (χ3n) is 3.18. The third-order valence-corrected chi connectivity index (χ3v) is 3.18. The second kappa shape index (κ2) is 4.64. The lowest BCUT2D eigenvalue weighted by molar-refractivity contribution is 0.212. The third kappa shape index (κ3) is 2.12. The van der Waals surface area contributed by atoms with E-state index in [1.165, 1.54) is 24.4 Å². The number of H-pyrrole nitrogens is 1. The molecule has 2 aromatic rings. The molecule has 0 saturated heterocycles. The molecule has 2 N–H and O–H groups in total. The van der Waals surface area contributed by atoms with Crippen LogP contribution in [0.15, 0.2) is 30.5 Å². The Hall–Kier alpha value is -2.50. The van der Waals surface area contributed by atoms with Crippen LogP contribution in [0.1, 0.15) is 11.1 Å². The van der Waals surface area contributed by atoms with Gasteiger partial charge in [0, 0.05) is 13.1 Å². The molecule has 98 valence electrons. The fourth-order valence-electron chi connectivity index (χ4n) is 2.18. The zero-order valence-corrected chi connectivity index (χ0v) is 10.5. The summed E-state index contributed by atoms with van der Waals surface area (Å²) in [5.74, 6) is 0.994. The maximum Gasteiger partial charge on any atom is 0.323 e. The van der Waals surface area contributed by atoms with Crippen LogP contribution in [-0.4, -0.2) is 28.2 Å². The lowest BCUT2D eigenvalue weighted by Crippen LogP contribution is -2.30. The number of nitrogens with one attached hydrogen (secondary N) is 2. The van der Waals surface area contributed by atoms with Gasteiger partial charge in [0.2, 0.25) is 0 Å². The summed E-state index contributed by atoms with van der Waals surface area (Å²) in [5.41, 5.74) is 2.38. The molecule has 1 aliphatic rings. The first kappa shape index (κ1) is 11.6. The smallest absolute Gasteiger partial charge is 0.323 e. The van der Waals surface area contributed by atoms with Gasteiger partial charge in [-0.2, -0.15) is 5.10 Å².